The van der Waals surface area contributed by atoms with Gasteiger partial charge in [0.2, 0.25) is 5.91 Å². The van der Waals surface area contributed by atoms with Gasteiger partial charge in [-0.1, -0.05) is 0 Å². The summed E-state index contributed by atoms with van der Waals surface area (Å²) in [5, 5.41) is 14.0. The number of carbonyl (C=O) groups excluding carboxylic acids is 1. The normalized spacial score (nSPS) is 18.4. The summed E-state index contributed by atoms with van der Waals surface area (Å²) in [4.78, 5) is 14.4. The van der Waals surface area contributed by atoms with Gasteiger partial charge in [-0.05, 0) is 42.9 Å². The number of nitrogens with zero attached hydrogens (tertiary/aromatic N) is 5. The van der Waals surface area contributed by atoms with Crippen LogP contribution in [0.25, 0.3) is 5.69 Å². The number of aromatic nitrogens is 4. The molecule has 1 atom stereocenters. The molecule has 1 aromatic heterocycles. The zero-order chi connectivity index (χ0) is 15.5. The van der Waals surface area contributed by atoms with Crippen molar-refractivity contribution in [2.75, 3.05) is 26.0 Å². The molecule has 1 N–H and O–H groups in total. The molecule has 0 radical (unpaired) electrons. The molecule has 1 fully saturated rings. The zero-order valence-corrected chi connectivity index (χ0v) is 12.6. The third-order valence-electron chi connectivity index (χ3n) is 3.83. The Morgan fingerprint density at radius 2 is 2.27 bits per heavy atom. The molecule has 116 valence electrons. The minimum absolute atomic E-state index is 0.00378. The number of carbonyl (C=O) groups is 1. The summed E-state index contributed by atoms with van der Waals surface area (Å²) < 4.78 is 6.79. The molecule has 8 heteroatoms. The van der Waals surface area contributed by atoms with Gasteiger partial charge in [-0.3, -0.25) is 9.69 Å². The second-order valence-corrected chi connectivity index (χ2v) is 5.30. The van der Waals surface area contributed by atoms with Gasteiger partial charge in [0, 0.05) is 17.8 Å². The lowest BCUT2D eigenvalue weighted by atomic mass is 10.2. The summed E-state index contributed by atoms with van der Waals surface area (Å²) >= 11 is 0. The van der Waals surface area contributed by atoms with E-state index in [2.05, 4.69) is 25.7 Å². The van der Waals surface area contributed by atoms with Gasteiger partial charge in [0.25, 0.3) is 0 Å². The van der Waals surface area contributed by atoms with E-state index in [1.54, 1.807) is 19.2 Å². The standard InChI is InChI=1S/C14H18N6O2/c1-19-5-3-4-13(19)14(21)16-10-6-11(8-12(7-10)22-2)20-9-15-17-18-20/h6-9,13H,3-5H2,1-2H3,(H,16,21)/t13-/m0/s1. The Bertz CT molecular complexity index is 657. The Morgan fingerprint density at radius 1 is 1.41 bits per heavy atom. The predicted molar refractivity (Wildman–Crippen MR) is 80.0 cm³/mol. The maximum atomic E-state index is 12.4. The van der Waals surface area contributed by atoms with E-state index in [-0.39, 0.29) is 11.9 Å². The number of amides is 1. The largest absolute Gasteiger partial charge is 0.497 e. The molecule has 8 nitrogen and oxygen atoms in total. The molecule has 0 unspecified atom stereocenters. The number of methoxy groups -OCH3 is 1. The second kappa shape index (κ2) is 6.10. The van der Waals surface area contributed by atoms with Crippen LogP contribution in [0.4, 0.5) is 5.69 Å². The molecule has 2 heterocycles. The van der Waals surface area contributed by atoms with Gasteiger partial charge in [-0.15, -0.1) is 5.10 Å². The molecule has 1 aromatic carbocycles. The minimum Gasteiger partial charge on any atom is -0.497 e. The van der Waals surface area contributed by atoms with Crippen molar-refractivity contribution in [2.24, 2.45) is 0 Å². The Kier molecular flexibility index (Phi) is 4.01. The van der Waals surface area contributed by atoms with E-state index in [1.807, 2.05) is 13.1 Å². The molecule has 0 spiro atoms. The highest BCUT2D eigenvalue weighted by atomic mass is 16.5. The van der Waals surface area contributed by atoms with E-state index in [4.69, 9.17) is 4.74 Å². The summed E-state index contributed by atoms with van der Waals surface area (Å²) in [6, 6.07) is 5.31. The highest BCUT2D eigenvalue weighted by molar-refractivity contribution is 5.95. The fraction of sp³-hybridized carbons (Fsp3) is 0.429. The van der Waals surface area contributed by atoms with E-state index in [0.29, 0.717) is 11.4 Å². The van der Waals surface area contributed by atoms with Crippen molar-refractivity contribution in [1.29, 1.82) is 0 Å². The predicted octanol–water partition coefficient (Wildman–Crippen LogP) is 0.704. The van der Waals surface area contributed by atoms with Crippen molar-refractivity contribution in [2.45, 2.75) is 18.9 Å². The zero-order valence-electron chi connectivity index (χ0n) is 12.6. The molecule has 1 aliphatic rings. The van der Waals surface area contributed by atoms with E-state index in [9.17, 15) is 4.79 Å². The first-order valence-corrected chi connectivity index (χ1v) is 7.11. The van der Waals surface area contributed by atoms with Crippen LogP contribution in [0.1, 0.15) is 12.8 Å². The number of likely N-dealkylation sites (N-methyl/N-ethyl adjacent to an activating group) is 1. The summed E-state index contributed by atoms with van der Waals surface area (Å²) in [5.41, 5.74) is 1.38. The number of hydrogen-bond acceptors (Lipinski definition) is 6. The van der Waals surface area contributed by atoms with Gasteiger partial charge < -0.3 is 10.1 Å². The quantitative estimate of drug-likeness (QED) is 0.895. The molecule has 3 rings (SSSR count). The smallest absolute Gasteiger partial charge is 0.241 e. The summed E-state index contributed by atoms with van der Waals surface area (Å²) in [6.07, 6.45) is 3.42. The molecule has 1 saturated heterocycles. The van der Waals surface area contributed by atoms with Crippen LogP contribution in [0.2, 0.25) is 0 Å². The first kappa shape index (κ1) is 14.5. The SMILES string of the molecule is COc1cc(NC(=O)[C@@H]2CCCN2C)cc(-n2cnnn2)c1. The number of hydrogen-bond donors (Lipinski definition) is 1. The first-order valence-electron chi connectivity index (χ1n) is 7.11. The molecule has 22 heavy (non-hydrogen) atoms. The molecule has 2 aromatic rings. The molecule has 1 amide bonds. The van der Waals surface area contributed by atoms with Crippen LogP contribution in [0, 0.1) is 0 Å². The van der Waals surface area contributed by atoms with Crippen molar-refractivity contribution in [1.82, 2.24) is 25.1 Å². The monoisotopic (exact) mass is 302 g/mol. The van der Waals surface area contributed by atoms with Crippen LogP contribution >= 0.6 is 0 Å². The molecular formula is C14H18N6O2. The summed E-state index contributed by atoms with van der Waals surface area (Å²) in [6.45, 7) is 0.950. The fourth-order valence-electron chi connectivity index (χ4n) is 2.65. The van der Waals surface area contributed by atoms with Crippen LogP contribution in [0.3, 0.4) is 0 Å². The van der Waals surface area contributed by atoms with Crippen molar-refractivity contribution in [3.8, 4) is 11.4 Å². The van der Waals surface area contributed by atoms with Crippen molar-refractivity contribution < 1.29 is 9.53 Å². The van der Waals surface area contributed by atoms with E-state index >= 15 is 0 Å². The molecular weight excluding hydrogens is 284 g/mol. The number of likely N-dealkylation sites (tertiary alicyclic amines) is 1. The number of benzene rings is 1. The van der Waals surface area contributed by atoms with Crippen molar-refractivity contribution in [3.63, 3.8) is 0 Å². The maximum Gasteiger partial charge on any atom is 0.241 e. The highest BCUT2D eigenvalue weighted by Crippen LogP contribution is 2.24. The van der Waals surface area contributed by atoms with Crippen LogP contribution < -0.4 is 10.1 Å². The fourth-order valence-corrected chi connectivity index (χ4v) is 2.65. The Labute approximate surface area is 128 Å². The lowest BCUT2D eigenvalue weighted by Crippen LogP contribution is -2.37. The lowest BCUT2D eigenvalue weighted by Gasteiger charge is -2.19. The van der Waals surface area contributed by atoms with Crippen molar-refractivity contribution >= 4 is 11.6 Å². The summed E-state index contributed by atoms with van der Waals surface area (Å²) in [7, 11) is 3.55. The number of anilines is 1. The number of ether oxygens (including phenoxy) is 1. The molecule has 0 saturated carbocycles. The minimum atomic E-state index is -0.0808. The maximum absolute atomic E-state index is 12.4. The molecule has 0 bridgehead atoms. The van der Waals surface area contributed by atoms with E-state index in [0.717, 1.165) is 25.1 Å². The number of tetrazole rings is 1. The van der Waals surface area contributed by atoms with Gasteiger partial charge in [-0.25, -0.2) is 4.68 Å². The Balaban J connectivity index is 1.84. The average molecular weight is 302 g/mol. The van der Waals surface area contributed by atoms with Gasteiger partial charge in [0.1, 0.15) is 12.1 Å². The van der Waals surface area contributed by atoms with Crippen LogP contribution in [0.5, 0.6) is 5.75 Å². The van der Waals surface area contributed by atoms with Gasteiger partial charge in [0.15, 0.2) is 0 Å². The Hall–Kier alpha value is -2.48. The van der Waals surface area contributed by atoms with Crippen LogP contribution in [-0.2, 0) is 4.79 Å². The lowest BCUT2D eigenvalue weighted by molar-refractivity contribution is -0.119. The van der Waals surface area contributed by atoms with Gasteiger partial charge >= 0.3 is 0 Å². The Morgan fingerprint density at radius 3 is 2.91 bits per heavy atom. The van der Waals surface area contributed by atoms with Gasteiger partial charge in [-0.2, -0.15) is 0 Å². The topological polar surface area (TPSA) is 85.2 Å². The van der Waals surface area contributed by atoms with Gasteiger partial charge in [0.05, 0.1) is 18.8 Å². The first-order chi connectivity index (χ1) is 10.7. The highest BCUT2D eigenvalue weighted by Gasteiger charge is 2.27. The van der Waals surface area contributed by atoms with E-state index in [1.165, 1.54) is 11.0 Å². The van der Waals surface area contributed by atoms with Crippen molar-refractivity contribution in [3.05, 3.63) is 24.5 Å². The number of nitrogens with one attached hydrogen (secondary N) is 1. The van der Waals surface area contributed by atoms with Crippen LogP contribution in [0.15, 0.2) is 24.5 Å². The molecule has 0 aliphatic carbocycles. The average Bonchev–Trinajstić information content (AvgIpc) is 3.18. The second-order valence-electron chi connectivity index (χ2n) is 5.30. The van der Waals surface area contributed by atoms with E-state index < -0.39 is 0 Å². The number of rotatable bonds is 4. The third-order valence-corrected chi connectivity index (χ3v) is 3.83. The third kappa shape index (κ3) is 2.91. The summed E-state index contributed by atoms with van der Waals surface area (Å²) in [5.74, 6) is 0.624. The van der Waals surface area contributed by atoms with Crippen LogP contribution in [-0.4, -0.2) is 57.8 Å². The molecule has 1 aliphatic heterocycles.